The van der Waals surface area contributed by atoms with Gasteiger partial charge in [0.25, 0.3) is 0 Å². The van der Waals surface area contributed by atoms with E-state index in [1.165, 1.54) is 31.4 Å². The first-order chi connectivity index (χ1) is 9.13. The van der Waals surface area contributed by atoms with Gasteiger partial charge in [0.05, 0.1) is 6.54 Å². The van der Waals surface area contributed by atoms with E-state index in [1.807, 2.05) is 0 Å². The number of carbonyl (C=O) groups is 1. The zero-order valence-corrected chi connectivity index (χ0v) is 11.6. The molecule has 1 aromatic rings. The maximum Gasteiger partial charge on any atom is 0.151 e. The lowest BCUT2D eigenvalue weighted by molar-refractivity contribution is -0.119. The second kappa shape index (κ2) is 6.80. The van der Waals surface area contributed by atoms with E-state index in [-0.39, 0.29) is 11.6 Å². The summed E-state index contributed by atoms with van der Waals surface area (Å²) in [5.74, 6) is 0.746. The third-order valence-corrected chi connectivity index (χ3v) is 3.82. The van der Waals surface area contributed by atoms with Crippen LogP contribution < -0.4 is 0 Å². The number of benzene rings is 1. The highest BCUT2D eigenvalue weighted by atomic mass is 19.1. The molecule has 2 rings (SSSR count). The quantitative estimate of drug-likeness (QED) is 0.832. The molecule has 0 saturated carbocycles. The minimum Gasteiger partial charge on any atom is -0.298 e. The maximum absolute atomic E-state index is 12.8. The summed E-state index contributed by atoms with van der Waals surface area (Å²) in [5, 5.41) is 0. The number of Topliss-reactive ketones (excluding diaryl/α,β-unsaturated/α-hetero) is 1. The Bertz CT molecular complexity index is 415. The molecule has 1 saturated heterocycles. The van der Waals surface area contributed by atoms with Crippen molar-refractivity contribution in [2.75, 3.05) is 19.6 Å². The van der Waals surface area contributed by atoms with Crippen molar-refractivity contribution in [2.45, 2.75) is 32.6 Å². The van der Waals surface area contributed by atoms with E-state index >= 15 is 0 Å². The largest absolute Gasteiger partial charge is 0.298 e. The van der Waals surface area contributed by atoms with Gasteiger partial charge in [-0.2, -0.15) is 0 Å². The lowest BCUT2D eigenvalue weighted by Crippen LogP contribution is -2.31. The molecule has 0 amide bonds. The molecule has 1 fully saturated rings. The average Bonchev–Trinajstić information content (AvgIpc) is 2.57. The van der Waals surface area contributed by atoms with Crippen LogP contribution in [0.5, 0.6) is 0 Å². The smallest absolute Gasteiger partial charge is 0.151 e. The van der Waals surface area contributed by atoms with Crippen molar-refractivity contribution in [1.82, 2.24) is 4.90 Å². The Labute approximate surface area is 114 Å². The number of nitrogens with zero attached hydrogens (tertiary/aromatic N) is 1. The van der Waals surface area contributed by atoms with Gasteiger partial charge in [-0.3, -0.25) is 9.69 Å². The summed E-state index contributed by atoms with van der Waals surface area (Å²) < 4.78 is 12.8. The summed E-state index contributed by atoms with van der Waals surface area (Å²) in [7, 11) is 0. The molecule has 3 heteroatoms. The van der Waals surface area contributed by atoms with E-state index in [9.17, 15) is 9.18 Å². The zero-order chi connectivity index (χ0) is 13.7. The number of likely N-dealkylation sites (tertiary alicyclic amines) is 1. The van der Waals surface area contributed by atoms with Crippen molar-refractivity contribution < 1.29 is 9.18 Å². The highest BCUT2D eigenvalue weighted by Crippen LogP contribution is 2.16. The summed E-state index contributed by atoms with van der Waals surface area (Å²) in [6.07, 6.45) is 4.05. The van der Waals surface area contributed by atoms with Crippen LogP contribution in [0, 0.1) is 11.7 Å². The SMILES string of the molecule is CC1CCCN(CC(=O)Cc2ccc(F)cc2)CC1. The van der Waals surface area contributed by atoms with Gasteiger partial charge in [-0.1, -0.05) is 19.1 Å². The van der Waals surface area contributed by atoms with Crippen molar-refractivity contribution in [2.24, 2.45) is 5.92 Å². The molecule has 1 aliphatic heterocycles. The monoisotopic (exact) mass is 263 g/mol. The average molecular weight is 263 g/mol. The molecular formula is C16H22FNO. The minimum atomic E-state index is -0.252. The first kappa shape index (κ1) is 14.2. The summed E-state index contributed by atoms with van der Waals surface area (Å²) in [6, 6.07) is 6.21. The number of ketones is 1. The molecule has 0 spiro atoms. The van der Waals surface area contributed by atoms with Crippen LogP contribution in [-0.2, 0) is 11.2 Å². The van der Waals surface area contributed by atoms with Crippen molar-refractivity contribution in [1.29, 1.82) is 0 Å². The first-order valence-corrected chi connectivity index (χ1v) is 7.12. The molecule has 1 atom stereocenters. The second-order valence-corrected chi connectivity index (χ2v) is 5.65. The van der Waals surface area contributed by atoms with Gasteiger partial charge in [0.15, 0.2) is 5.78 Å². The Morgan fingerprint density at radius 2 is 2.00 bits per heavy atom. The van der Waals surface area contributed by atoms with Crippen molar-refractivity contribution in [3.8, 4) is 0 Å². The lowest BCUT2D eigenvalue weighted by Gasteiger charge is -2.18. The van der Waals surface area contributed by atoms with E-state index in [1.54, 1.807) is 12.1 Å². The molecule has 1 aromatic carbocycles. The van der Waals surface area contributed by atoms with Crippen LogP contribution in [0.1, 0.15) is 31.7 Å². The van der Waals surface area contributed by atoms with Gasteiger partial charge in [-0.15, -0.1) is 0 Å². The van der Waals surface area contributed by atoms with Crippen LogP contribution in [0.2, 0.25) is 0 Å². The lowest BCUT2D eigenvalue weighted by atomic mass is 10.0. The second-order valence-electron chi connectivity index (χ2n) is 5.65. The van der Waals surface area contributed by atoms with Crippen LogP contribution in [0.25, 0.3) is 0 Å². The number of hydrogen-bond donors (Lipinski definition) is 0. The van der Waals surface area contributed by atoms with Crippen molar-refractivity contribution >= 4 is 5.78 Å². The standard InChI is InChI=1S/C16H22FNO/c1-13-3-2-9-18(10-8-13)12-16(19)11-14-4-6-15(17)7-5-14/h4-7,13H,2-3,8-12H2,1H3. The van der Waals surface area contributed by atoms with Crippen LogP contribution in [0.3, 0.4) is 0 Å². The Morgan fingerprint density at radius 1 is 1.26 bits per heavy atom. The number of hydrogen-bond acceptors (Lipinski definition) is 2. The Hall–Kier alpha value is -1.22. The minimum absolute atomic E-state index is 0.223. The molecule has 1 heterocycles. The van der Waals surface area contributed by atoms with Crippen LogP contribution >= 0.6 is 0 Å². The topological polar surface area (TPSA) is 20.3 Å². The van der Waals surface area contributed by atoms with Gasteiger partial charge in [-0.05, 0) is 56.0 Å². The van der Waals surface area contributed by atoms with Crippen molar-refractivity contribution in [3.05, 3.63) is 35.6 Å². The van der Waals surface area contributed by atoms with Gasteiger partial charge in [0.2, 0.25) is 0 Å². The maximum atomic E-state index is 12.8. The summed E-state index contributed by atoms with van der Waals surface area (Å²) >= 11 is 0. The highest BCUT2D eigenvalue weighted by Gasteiger charge is 2.16. The van der Waals surface area contributed by atoms with E-state index in [4.69, 9.17) is 0 Å². The van der Waals surface area contributed by atoms with Crippen LogP contribution in [-0.4, -0.2) is 30.3 Å². The molecule has 0 bridgehead atoms. The van der Waals surface area contributed by atoms with Crippen molar-refractivity contribution in [3.63, 3.8) is 0 Å². The van der Waals surface area contributed by atoms with E-state index in [0.717, 1.165) is 24.6 Å². The molecule has 2 nitrogen and oxygen atoms in total. The fourth-order valence-corrected chi connectivity index (χ4v) is 2.62. The van der Waals surface area contributed by atoms with Crippen LogP contribution in [0.4, 0.5) is 4.39 Å². The molecule has 1 unspecified atom stereocenters. The molecule has 19 heavy (non-hydrogen) atoms. The van der Waals surface area contributed by atoms with Gasteiger partial charge in [-0.25, -0.2) is 4.39 Å². The third kappa shape index (κ3) is 4.75. The number of halogens is 1. The molecule has 1 aliphatic rings. The molecule has 0 radical (unpaired) electrons. The van der Waals surface area contributed by atoms with Crippen LogP contribution in [0.15, 0.2) is 24.3 Å². The van der Waals surface area contributed by atoms with E-state index < -0.39 is 0 Å². The fraction of sp³-hybridized carbons (Fsp3) is 0.562. The molecule has 0 aromatic heterocycles. The van der Waals surface area contributed by atoms with Gasteiger partial charge >= 0.3 is 0 Å². The third-order valence-electron chi connectivity index (χ3n) is 3.82. The zero-order valence-electron chi connectivity index (χ0n) is 11.6. The van der Waals surface area contributed by atoms with E-state index in [0.29, 0.717) is 13.0 Å². The predicted octanol–water partition coefficient (Wildman–Crippen LogP) is 3.06. The molecule has 104 valence electrons. The Balaban J connectivity index is 1.82. The predicted molar refractivity (Wildman–Crippen MR) is 74.6 cm³/mol. The molecule has 0 N–H and O–H groups in total. The molecular weight excluding hydrogens is 241 g/mol. The summed E-state index contributed by atoms with van der Waals surface area (Å²) in [6.45, 7) is 4.86. The first-order valence-electron chi connectivity index (χ1n) is 7.12. The Morgan fingerprint density at radius 3 is 2.74 bits per heavy atom. The van der Waals surface area contributed by atoms with Gasteiger partial charge < -0.3 is 0 Å². The summed E-state index contributed by atoms with van der Waals surface area (Å²) in [4.78, 5) is 14.3. The number of rotatable bonds is 4. The van der Waals surface area contributed by atoms with E-state index in [2.05, 4.69) is 11.8 Å². The normalized spacial score (nSPS) is 21.1. The Kier molecular flexibility index (Phi) is 5.08. The highest BCUT2D eigenvalue weighted by molar-refractivity contribution is 5.82. The number of carbonyl (C=O) groups excluding carboxylic acids is 1. The van der Waals surface area contributed by atoms with Gasteiger partial charge in [0, 0.05) is 6.42 Å². The fourth-order valence-electron chi connectivity index (χ4n) is 2.62. The molecule has 0 aliphatic carbocycles. The summed E-state index contributed by atoms with van der Waals surface area (Å²) in [5.41, 5.74) is 0.898. The van der Waals surface area contributed by atoms with Gasteiger partial charge in [0.1, 0.15) is 5.82 Å².